The summed E-state index contributed by atoms with van der Waals surface area (Å²) in [6.45, 7) is 0.221. The van der Waals surface area contributed by atoms with Crippen molar-refractivity contribution >= 4 is 17.6 Å². The first kappa shape index (κ1) is 12.0. The molecule has 1 atom stereocenters. The van der Waals surface area contributed by atoms with Crippen molar-refractivity contribution in [1.29, 1.82) is 0 Å². The van der Waals surface area contributed by atoms with E-state index < -0.39 is 12.1 Å². The monoisotopic (exact) mass is 261 g/mol. The molecule has 3 rings (SSSR count). The van der Waals surface area contributed by atoms with E-state index in [2.05, 4.69) is 0 Å². The molecule has 0 N–H and O–H groups in total. The molecule has 100 valence electrons. The molecular weight excluding hydrogens is 246 g/mol. The Morgan fingerprint density at radius 2 is 2.05 bits per heavy atom. The number of nitrogens with zero attached hydrogens (tertiary/aromatic N) is 1. The number of para-hydroxylation sites is 2. The Balaban J connectivity index is 1.93. The summed E-state index contributed by atoms with van der Waals surface area (Å²) < 4.78 is 10.3. The Kier molecular flexibility index (Phi) is 2.89. The van der Waals surface area contributed by atoms with Crippen LogP contribution in [0.2, 0.25) is 0 Å². The molecule has 1 saturated carbocycles. The molecule has 1 unspecified atom stereocenters. The van der Waals surface area contributed by atoms with Crippen LogP contribution in [-0.2, 0) is 14.3 Å². The number of rotatable bonds is 2. The fraction of sp³-hybridized carbons (Fsp3) is 0.429. The molecule has 5 heteroatoms. The Labute approximate surface area is 111 Å². The third kappa shape index (κ3) is 2.16. The van der Waals surface area contributed by atoms with Gasteiger partial charge in [-0.15, -0.1) is 0 Å². The number of hydrogen-bond donors (Lipinski definition) is 0. The first-order chi connectivity index (χ1) is 9.20. The molecule has 1 aromatic rings. The standard InChI is InChI=1S/C14H15NO4/c1-18-14(17)12-8-15(13(16)9-6-7-9)10-4-2-3-5-11(10)19-12/h2-5,9,12H,6-8H2,1H3. The number of ether oxygens (including phenoxy) is 2. The van der Waals surface area contributed by atoms with Gasteiger partial charge >= 0.3 is 5.97 Å². The molecule has 1 aliphatic carbocycles. The maximum absolute atomic E-state index is 12.3. The molecule has 1 aromatic carbocycles. The van der Waals surface area contributed by atoms with Gasteiger partial charge in [0.1, 0.15) is 5.75 Å². The molecule has 2 aliphatic rings. The minimum atomic E-state index is -0.748. The number of esters is 1. The Bertz CT molecular complexity index is 524. The second-order valence-electron chi connectivity index (χ2n) is 4.82. The van der Waals surface area contributed by atoms with Gasteiger partial charge in [0.05, 0.1) is 19.3 Å². The van der Waals surface area contributed by atoms with Gasteiger partial charge in [-0.3, -0.25) is 4.79 Å². The Morgan fingerprint density at radius 1 is 1.32 bits per heavy atom. The number of amides is 1. The lowest BCUT2D eigenvalue weighted by Crippen LogP contribution is -2.48. The molecule has 1 heterocycles. The lowest BCUT2D eigenvalue weighted by Gasteiger charge is -2.33. The van der Waals surface area contributed by atoms with Crippen LogP contribution >= 0.6 is 0 Å². The van der Waals surface area contributed by atoms with Crippen molar-refractivity contribution in [2.45, 2.75) is 18.9 Å². The van der Waals surface area contributed by atoms with Crippen molar-refractivity contribution in [3.63, 3.8) is 0 Å². The predicted octanol–water partition coefficient (Wildman–Crippen LogP) is 1.36. The zero-order valence-corrected chi connectivity index (χ0v) is 10.7. The van der Waals surface area contributed by atoms with Crippen LogP contribution in [0, 0.1) is 5.92 Å². The van der Waals surface area contributed by atoms with E-state index in [1.807, 2.05) is 18.2 Å². The van der Waals surface area contributed by atoms with Crippen LogP contribution in [0.3, 0.4) is 0 Å². The predicted molar refractivity (Wildman–Crippen MR) is 68.0 cm³/mol. The van der Waals surface area contributed by atoms with E-state index in [1.54, 1.807) is 11.0 Å². The van der Waals surface area contributed by atoms with Crippen LogP contribution < -0.4 is 9.64 Å². The summed E-state index contributed by atoms with van der Waals surface area (Å²) in [5, 5.41) is 0. The maximum Gasteiger partial charge on any atom is 0.348 e. The summed E-state index contributed by atoms with van der Waals surface area (Å²) in [5.74, 6) is 0.273. The van der Waals surface area contributed by atoms with Gasteiger partial charge in [-0.25, -0.2) is 4.79 Å². The van der Waals surface area contributed by atoms with E-state index >= 15 is 0 Å². The third-order valence-electron chi connectivity index (χ3n) is 3.43. The first-order valence-corrected chi connectivity index (χ1v) is 6.35. The smallest absolute Gasteiger partial charge is 0.348 e. The van der Waals surface area contributed by atoms with Crippen molar-refractivity contribution in [2.75, 3.05) is 18.6 Å². The minimum Gasteiger partial charge on any atom is -0.475 e. The minimum absolute atomic E-state index is 0.0738. The van der Waals surface area contributed by atoms with Crippen molar-refractivity contribution in [2.24, 2.45) is 5.92 Å². The highest BCUT2D eigenvalue weighted by molar-refractivity contribution is 5.99. The number of carbonyl (C=O) groups excluding carboxylic acids is 2. The van der Waals surface area contributed by atoms with Crippen molar-refractivity contribution in [3.8, 4) is 5.75 Å². The van der Waals surface area contributed by atoms with Crippen molar-refractivity contribution in [1.82, 2.24) is 0 Å². The van der Waals surface area contributed by atoms with E-state index in [0.717, 1.165) is 18.5 Å². The molecule has 0 bridgehead atoms. The maximum atomic E-state index is 12.3. The van der Waals surface area contributed by atoms with E-state index in [9.17, 15) is 9.59 Å². The summed E-state index contributed by atoms with van der Waals surface area (Å²) >= 11 is 0. The van der Waals surface area contributed by atoms with E-state index in [1.165, 1.54) is 7.11 Å². The SMILES string of the molecule is COC(=O)C1CN(C(=O)C2CC2)c2ccccc2O1. The molecule has 1 amide bonds. The van der Waals surface area contributed by atoms with E-state index in [0.29, 0.717) is 5.75 Å². The van der Waals surface area contributed by atoms with Gasteiger partial charge in [0.2, 0.25) is 12.0 Å². The lowest BCUT2D eigenvalue weighted by atomic mass is 10.1. The van der Waals surface area contributed by atoms with Gasteiger partial charge in [-0.1, -0.05) is 12.1 Å². The van der Waals surface area contributed by atoms with Crippen LogP contribution in [0.25, 0.3) is 0 Å². The summed E-state index contributed by atoms with van der Waals surface area (Å²) in [7, 11) is 1.32. The lowest BCUT2D eigenvalue weighted by molar-refractivity contribution is -0.148. The number of methoxy groups -OCH3 is 1. The Hall–Kier alpha value is -2.04. The molecule has 19 heavy (non-hydrogen) atoms. The fourth-order valence-corrected chi connectivity index (χ4v) is 2.25. The van der Waals surface area contributed by atoms with Gasteiger partial charge in [0.15, 0.2) is 0 Å². The molecule has 0 spiro atoms. The van der Waals surface area contributed by atoms with Crippen LogP contribution in [0.5, 0.6) is 5.75 Å². The van der Waals surface area contributed by atoms with Gasteiger partial charge < -0.3 is 14.4 Å². The highest BCUT2D eigenvalue weighted by Gasteiger charge is 2.40. The number of benzene rings is 1. The molecular formula is C14H15NO4. The van der Waals surface area contributed by atoms with Crippen LogP contribution in [-0.4, -0.2) is 31.6 Å². The number of anilines is 1. The summed E-state index contributed by atoms with van der Waals surface area (Å²) in [6, 6.07) is 7.27. The van der Waals surface area contributed by atoms with E-state index in [-0.39, 0.29) is 18.4 Å². The second kappa shape index (κ2) is 4.57. The Morgan fingerprint density at radius 3 is 2.74 bits per heavy atom. The number of carbonyl (C=O) groups is 2. The molecule has 1 fully saturated rings. The largest absolute Gasteiger partial charge is 0.475 e. The fourth-order valence-electron chi connectivity index (χ4n) is 2.25. The van der Waals surface area contributed by atoms with Gasteiger partial charge in [-0.05, 0) is 25.0 Å². The normalized spacial score (nSPS) is 21.3. The van der Waals surface area contributed by atoms with Crippen LogP contribution in [0.4, 0.5) is 5.69 Å². The zero-order valence-electron chi connectivity index (χ0n) is 10.7. The van der Waals surface area contributed by atoms with Crippen LogP contribution in [0.1, 0.15) is 12.8 Å². The van der Waals surface area contributed by atoms with Crippen LogP contribution in [0.15, 0.2) is 24.3 Å². The van der Waals surface area contributed by atoms with E-state index in [4.69, 9.17) is 9.47 Å². The summed E-state index contributed by atoms with van der Waals surface area (Å²) in [5.41, 5.74) is 0.736. The highest BCUT2D eigenvalue weighted by atomic mass is 16.6. The molecule has 0 radical (unpaired) electrons. The number of fused-ring (bicyclic) bond motifs is 1. The van der Waals surface area contributed by atoms with Gasteiger partial charge in [0.25, 0.3) is 0 Å². The molecule has 5 nitrogen and oxygen atoms in total. The molecule has 0 aromatic heterocycles. The van der Waals surface area contributed by atoms with Crippen molar-refractivity contribution in [3.05, 3.63) is 24.3 Å². The summed E-state index contributed by atoms with van der Waals surface area (Å²) in [4.78, 5) is 25.6. The summed E-state index contributed by atoms with van der Waals surface area (Å²) in [6.07, 6.45) is 1.12. The second-order valence-corrected chi connectivity index (χ2v) is 4.82. The quantitative estimate of drug-likeness (QED) is 0.754. The topological polar surface area (TPSA) is 55.8 Å². The molecule has 0 saturated heterocycles. The average molecular weight is 261 g/mol. The van der Waals surface area contributed by atoms with Gasteiger partial charge in [0, 0.05) is 5.92 Å². The average Bonchev–Trinajstić information content (AvgIpc) is 3.29. The zero-order chi connectivity index (χ0) is 13.4. The third-order valence-corrected chi connectivity index (χ3v) is 3.43. The molecule has 1 aliphatic heterocycles. The highest BCUT2D eigenvalue weighted by Crippen LogP contribution is 2.38. The number of hydrogen-bond acceptors (Lipinski definition) is 4. The van der Waals surface area contributed by atoms with Gasteiger partial charge in [-0.2, -0.15) is 0 Å². The van der Waals surface area contributed by atoms with Crippen molar-refractivity contribution < 1.29 is 19.1 Å². The first-order valence-electron chi connectivity index (χ1n) is 6.35.